The maximum Gasteiger partial charge on any atom is 0.389 e. The van der Waals surface area contributed by atoms with E-state index in [4.69, 9.17) is 5.11 Å². The Kier molecular flexibility index (Phi) is 11.3. The second kappa shape index (κ2) is 12.1. The van der Waals surface area contributed by atoms with Gasteiger partial charge in [0.25, 0.3) is 0 Å². The van der Waals surface area contributed by atoms with Gasteiger partial charge in [-0.25, -0.2) is 0 Å². The first kappa shape index (κ1) is 30.7. The second-order valence-corrected chi connectivity index (χ2v) is 11.9. The zero-order valence-electron chi connectivity index (χ0n) is 22.4. The first-order chi connectivity index (χ1) is 15.0. The Morgan fingerprint density at radius 2 is 1.42 bits per heavy atom. The van der Waals surface area contributed by atoms with Crippen molar-refractivity contribution >= 4 is 0 Å². The molecule has 0 radical (unpaired) electrons. The van der Waals surface area contributed by atoms with Crippen LogP contribution in [0.5, 0.6) is 0 Å². The van der Waals surface area contributed by atoms with Crippen molar-refractivity contribution in [3.63, 3.8) is 0 Å². The van der Waals surface area contributed by atoms with Crippen molar-refractivity contribution < 1.29 is 23.8 Å². The SMILES string of the molecule is CC.CC(C)C1CCC2(C)C(CCC3C4CCC(CCC(F)(F)F)C4(C)CCC32)C1.CO.O. The Balaban J connectivity index is 0.00000103. The average molecular weight is 479 g/mol. The largest absolute Gasteiger partial charge is 0.412 e. The highest BCUT2D eigenvalue weighted by atomic mass is 19.4. The van der Waals surface area contributed by atoms with Crippen LogP contribution >= 0.6 is 0 Å². The van der Waals surface area contributed by atoms with E-state index in [2.05, 4.69) is 27.7 Å². The molecule has 198 valence electrons. The van der Waals surface area contributed by atoms with Gasteiger partial charge >= 0.3 is 6.18 Å². The summed E-state index contributed by atoms with van der Waals surface area (Å²) in [5, 5.41) is 7.00. The minimum atomic E-state index is -3.99. The molecule has 0 aliphatic heterocycles. The first-order valence-corrected chi connectivity index (χ1v) is 13.6. The van der Waals surface area contributed by atoms with E-state index in [1.165, 1.54) is 51.4 Å². The van der Waals surface area contributed by atoms with E-state index < -0.39 is 12.6 Å². The molecule has 4 rings (SSSR count). The Morgan fingerprint density at radius 3 is 2.00 bits per heavy atom. The minimum absolute atomic E-state index is 0. The number of aliphatic hydroxyl groups is 1. The fraction of sp³-hybridized carbons (Fsp3) is 1.00. The van der Waals surface area contributed by atoms with Gasteiger partial charge in [0.1, 0.15) is 0 Å². The third kappa shape index (κ3) is 6.11. The van der Waals surface area contributed by atoms with E-state index in [1.807, 2.05) is 13.8 Å². The minimum Gasteiger partial charge on any atom is -0.412 e. The van der Waals surface area contributed by atoms with Crippen LogP contribution in [-0.2, 0) is 0 Å². The standard InChI is InChI=1S/C25H41F3.C2H6.CH4O.H2O/c1-16(2)17-9-12-24(4)19(15-17)5-7-20-21-8-6-18(10-14-25(26,27)28)23(21,3)13-11-22(20)24;2*1-2;/h16-22H,5-15H2,1-4H3;1-2H3;2H,1H3;1H2. The van der Waals surface area contributed by atoms with Crippen molar-refractivity contribution in [3.05, 3.63) is 0 Å². The van der Waals surface area contributed by atoms with Gasteiger partial charge in [0.2, 0.25) is 0 Å². The quantitative estimate of drug-likeness (QED) is 0.438. The molecular formula is C28H53F3O2. The van der Waals surface area contributed by atoms with Gasteiger partial charge in [-0.15, -0.1) is 0 Å². The normalized spacial score (nSPS) is 41.8. The van der Waals surface area contributed by atoms with Gasteiger partial charge < -0.3 is 10.6 Å². The summed E-state index contributed by atoms with van der Waals surface area (Å²) in [4.78, 5) is 0. The zero-order valence-corrected chi connectivity index (χ0v) is 22.4. The van der Waals surface area contributed by atoms with Crippen LogP contribution in [0.15, 0.2) is 0 Å². The molecule has 0 heterocycles. The molecule has 0 amide bonds. The van der Waals surface area contributed by atoms with Crippen LogP contribution in [0, 0.1) is 52.3 Å². The van der Waals surface area contributed by atoms with Gasteiger partial charge in [0.05, 0.1) is 0 Å². The average Bonchev–Trinajstić information content (AvgIpc) is 3.10. The van der Waals surface area contributed by atoms with Gasteiger partial charge in [0.15, 0.2) is 0 Å². The smallest absolute Gasteiger partial charge is 0.389 e. The van der Waals surface area contributed by atoms with Crippen LogP contribution < -0.4 is 0 Å². The van der Waals surface area contributed by atoms with Crippen molar-refractivity contribution in [3.8, 4) is 0 Å². The van der Waals surface area contributed by atoms with Crippen molar-refractivity contribution in [2.24, 2.45) is 52.3 Å². The van der Waals surface area contributed by atoms with Gasteiger partial charge in [-0.3, -0.25) is 0 Å². The first-order valence-electron chi connectivity index (χ1n) is 13.6. The molecule has 3 N–H and O–H groups in total. The van der Waals surface area contributed by atoms with Crippen LogP contribution in [-0.4, -0.2) is 23.9 Å². The summed E-state index contributed by atoms with van der Waals surface area (Å²) in [6.45, 7) is 13.8. The monoisotopic (exact) mass is 478 g/mol. The summed E-state index contributed by atoms with van der Waals surface area (Å²) in [7, 11) is 1.00. The highest BCUT2D eigenvalue weighted by Gasteiger charge is 2.60. The summed E-state index contributed by atoms with van der Waals surface area (Å²) >= 11 is 0. The maximum absolute atomic E-state index is 12.9. The predicted molar refractivity (Wildman–Crippen MR) is 132 cm³/mol. The van der Waals surface area contributed by atoms with E-state index in [9.17, 15) is 13.2 Å². The van der Waals surface area contributed by atoms with E-state index in [0.29, 0.717) is 23.7 Å². The maximum atomic E-state index is 12.9. The Labute approximate surface area is 201 Å². The van der Waals surface area contributed by atoms with Crippen LogP contribution in [0.1, 0.15) is 112 Å². The van der Waals surface area contributed by atoms with Crippen molar-refractivity contribution in [2.45, 2.75) is 118 Å². The van der Waals surface area contributed by atoms with E-state index in [-0.39, 0.29) is 10.9 Å². The fourth-order valence-electron chi connectivity index (χ4n) is 8.82. The summed E-state index contributed by atoms with van der Waals surface area (Å²) < 4.78 is 38.6. The second-order valence-electron chi connectivity index (χ2n) is 11.9. The lowest BCUT2D eigenvalue weighted by Crippen LogP contribution is -2.53. The van der Waals surface area contributed by atoms with Crippen LogP contribution in [0.4, 0.5) is 13.2 Å². The van der Waals surface area contributed by atoms with Gasteiger partial charge in [-0.05, 0) is 116 Å². The van der Waals surface area contributed by atoms with E-state index in [0.717, 1.165) is 43.1 Å². The molecule has 0 aromatic carbocycles. The molecule has 5 heteroatoms. The van der Waals surface area contributed by atoms with Crippen molar-refractivity contribution in [1.82, 2.24) is 0 Å². The fourth-order valence-corrected chi connectivity index (χ4v) is 8.82. The summed E-state index contributed by atoms with van der Waals surface area (Å²) in [6, 6.07) is 0. The Bertz CT molecular complexity index is 578. The third-order valence-corrected chi connectivity index (χ3v) is 10.6. The lowest BCUT2D eigenvalue weighted by atomic mass is 9.44. The highest BCUT2D eigenvalue weighted by Crippen LogP contribution is 2.68. The number of hydrogen-bond donors (Lipinski definition) is 1. The lowest BCUT2D eigenvalue weighted by Gasteiger charge is -2.61. The number of aliphatic hydroxyl groups excluding tert-OH is 1. The van der Waals surface area contributed by atoms with Crippen LogP contribution in [0.2, 0.25) is 0 Å². The molecule has 0 bridgehead atoms. The zero-order chi connectivity index (χ0) is 24.3. The molecule has 33 heavy (non-hydrogen) atoms. The number of halogens is 3. The van der Waals surface area contributed by atoms with E-state index >= 15 is 0 Å². The molecule has 0 aromatic rings. The van der Waals surface area contributed by atoms with Gasteiger partial charge in [-0.2, -0.15) is 13.2 Å². The molecule has 4 aliphatic carbocycles. The topological polar surface area (TPSA) is 51.7 Å². The molecule has 8 atom stereocenters. The highest BCUT2D eigenvalue weighted by molar-refractivity contribution is 5.09. The van der Waals surface area contributed by atoms with E-state index in [1.54, 1.807) is 0 Å². The molecular weight excluding hydrogens is 425 g/mol. The van der Waals surface area contributed by atoms with Crippen LogP contribution in [0.3, 0.4) is 0 Å². The van der Waals surface area contributed by atoms with Gasteiger partial charge in [-0.1, -0.05) is 41.5 Å². The third-order valence-electron chi connectivity index (χ3n) is 10.6. The number of rotatable bonds is 3. The summed E-state index contributed by atoms with van der Waals surface area (Å²) in [5.41, 5.74) is 0.671. The molecule has 2 nitrogen and oxygen atoms in total. The molecule has 4 fully saturated rings. The Hall–Kier alpha value is -0.290. The van der Waals surface area contributed by atoms with Crippen LogP contribution in [0.25, 0.3) is 0 Å². The van der Waals surface area contributed by atoms with Gasteiger partial charge in [0, 0.05) is 13.5 Å². The molecule has 8 unspecified atom stereocenters. The molecule has 0 aromatic heterocycles. The predicted octanol–water partition coefficient (Wildman–Crippen LogP) is 8.07. The molecule has 4 aliphatic rings. The summed E-state index contributed by atoms with van der Waals surface area (Å²) in [5.74, 6) is 5.20. The number of hydrogen-bond acceptors (Lipinski definition) is 1. The number of fused-ring (bicyclic) bond motifs is 5. The molecule has 0 saturated heterocycles. The summed E-state index contributed by atoms with van der Waals surface area (Å²) in [6.07, 6.45) is 7.41. The Morgan fingerprint density at radius 1 is 0.848 bits per heavy atom. The molecule has 4 saturated carbocycles. The molecule has 0 spiro atoms. The van der Waals surface area contributed by atoms with Crippen molar-refractivity contribution in [1.29, 1.82) is 0 Å². The number of alkyl halides is 3. The van der Waals surface area contributed by atoms with Crippen molar-refractivity contribution in [2.75, 3.05) is 7.11 Å². The lowest BCUT2D eigenvalue weighted by molar-refractivity contribution is -0.144.